The van der Waals surface area contributed by atoms with Crippen LogP contribution in [0.25, 0.3) is 11.2 Å². The van der Waals surface area contributed by atoms with Gasteiger partial charge in [0.15, 0.2) is 23.2 Å². The summed E-state index contributed by atoms with van der Waals surface area (Å²) in [6.45, 7) is -0.666. The Bertz CT molecular complexity index is 2020. The number of imidazole rings is 1. The van der Waals surface area contributed by atoms with Crippen LogP contribution >= 0.6 is 30.9 Å². The van der Waals surface area contributed by atoms with Gasteiger partial charge in [-0.2, -0.15) is 9.97 Å². The van der Waals surface area contributed by atoms with Crippen LogP contribution in [0.3, 0.4) is 0 Å². The number of aliphatic hydroxyl groups excluding tert-OH is 1. The highest BCUT2D eigenvalue weighted by atomic mass is 35.5. The van der Waals surface area contributed by atoms with E-state index >= 15 is 0 Å². The Balaban J connectivity index is 1.32. The van der Waals surface area contributed by atoms with Gasteiger partial charge < -0.3 is 29.9 Å². The lowest BCUT2D eigenvalue weighted by molar-refractivity contribution is -0.143. The Morgan fingerprint density at radius 1 is 1.22 bits per heavy atom. The number of esters is 1. The summed E-state index contributed by atoms with van der Waals surface area (Å²) in [4.78, 5) is 26.8. The maximum atomic E-state index is 14.1. The van der Waals surface area contributed by atoms with Crippen LogP contribution in [0.4, 0.5) is 16.2 Å². The number of hydrogen-bond acceptors (Lipinski definition) is 15. The van der Waals surface area contributed by atoms with Crippen LogP contribution in [0.15, 0.2) is 48.8 Å². The number of rotatable bonds is 14. The number of benzene rings is 2. The monoisotopic (exact) mass is 778 g/mol. The molecule has 50 heavy (non-hydrogen) atoms. The van der Waals surface area contributed by atoms with E-state index in [1.165, 1.54) is 54.2 Å². The normalized spacial score (nSPS) is 21.9. The lowest BCUT2D eigenvalue weighted by Gasteiger charge is -2.27. The van der Waals surface area contributed by atoms with Gasteiger partial charge in [0, 0.05) is 10.6 Å². The van der Waals surface area contributed by atoms with Crippen molar-refractivity contribution in [3.05, 3.63) is 70.2 Å². The number of fused-ring (bicyclic) bond motifs is 1. The minimum atomic E-state index is -4.49. The average molecular weight is 780 g/mol. The van der Waals surface area contributed by atoms with Gasteiger partial charge in [-0.3, -0.25) is 19.3 Å². The zero-order valence-electron chi connectivity index (χ0n) is 26.0. The number of sulfonamides is 1. The number of anilines is 2. The molecule has 7 N–H and O–H groups in total. The molecular formula is C27H30Cl2FN8O10PS. The molecule has 0 radical (unpaired) electrons. The number of aliphatic hydroxyl groups is 2. The molecule has 3 unspecified atom stereocenters. The number of nitrogens with two attached hydrogens (primary N) is 1. The molecule has 23 heteroatoms. The Kier molecular flexibility index (Phi) is 11.2. The number of nitrogen functional groups attached to an aromatic ring is 1. The second-order valence-electron chi connectivity index (χ2n) is 11.0. The van der Waals surface area contributed by atoms with Crippen molar-refractivity contribution in [2.75, 3.05) is 30.6 Å². The van der Waals surface area contributed by atoms with Gasteiger partial charge in [-0.1, -0.05) is 29.3 Å². The number of ether oxygens (including phenoxy) is 2. The van der Waals surface area contributed by atoms with Crippen molar-refractivity contribution in [1.82, 2.24) is 29.4 Å². The van der Waals surface area contributed by atoms with Crippen LogP contribution in [0.5, 0.6) is 5.75 Å². The van der Waals surface area contributed by atoms with Gasteiger partial charge in [-0.05, 0) is 43.3 Å². The van der Waals surface area contributed by atoms with Crippen molar-refractivity contribution in [3.8, 4) is 5.75 Å². The summed E-state index contributed by atoms with van der Waals surface area (Å²) in [6.07, 6.45) is -2.34. The molecule has 0 bridgehead atoms. The van der Waals surface area contributed by atoms with E-state index in [0.29, 0.717) is 5.02 Å². The summed E-state index contributed by atoms with van der Waals surface area (Å²) in [5.41, 5.74) is 6.10. The molecule has 2 aromatic carbocycles. The van der Waals surface area contributed by atoms with E-state index in [-0.39, 0.29) is 39.3 Å². The van der Waals surface area contributed by atoms with Crippen LogP contribution in [0.2, 0.25) is 10.0 Å². The smallest absolute Gasteiger partial charge is 0.459 e. The van der Waals surface area contributed by atoms with E-state index in [1.807, 2.05) is 4.83 Å². The van der Waals surface area contributed by atoms with Crippen molar-refractivity contribution in [2.45, 2.75) is 37.6 Å². The SMILES string of the molecule is C[C@]1(O)C(n2cnc3c(NNS(C)(=O)=O)nc(N)nc32)OC(COP(=O)(NCC(=O)OCc2c(F)cccc2Cl)Oc2ccc(Cl)cc2)[C@H]1O. The summed E-state index contributed by atoms with van der Waals surface area (Å²) in [7, 11) is -8.20. The van der Waals surface area contributed by atoms with Gasteiger partial charge in [0.05, 0.1) is 24.2 Å². The first-order valence-electron chi connectivity index (χ1n) is 14.3. The fraction of sp³-hybridized carbons (Fsp3) is 0.333. The number of hydrogen-bond donors (Lipinski definition) is 6. The lowest BCUT2D eigenvalue weighted by Crippen LogP contribution is -2.44. The van der Waals surface area contributed by atoms with Crippen LogP contribution in [0, 0.1) is 5.82 Å². The van der Waals surface area contributed by atoms with Crippen LogP contribution in [-0.2, 0) is 40.0 Å². The zero-order chi connectivity index (χ0) is 36.4. The van der Waals surface area contributed by atoms with Gasteiger partial charge in [0.25, 0.3) is 0 Å². The van der Waals surface area contributed by atoms with Crippen LogP contribution < -0.4 is 25.6 Å². The predicted molar refractivity (Wildman–Crippen MR) is 177 cm³/mol. The zero-order valence-corrected chi connectivity index (χ0v) is 29.2. The second-order valence-corrected chi connectivity index (χ2v) is 15.3. The quantitative estimate of drug-likeness (QED) is 0.0610. The fourth-order valence-corrected chi connectivity index (χ4v) is 6.56. The molecule has 0 aliphatic carbocycles. The molecule has 3 heterocycles. The highest BCUT2D eigenvalue weighted by molar-refractivity contribution is 7.88. The van der Waals surface area contributed by atoms with Crippen molar-refractivity contribution >= 4 is 69.9 Å². The number of halogens is 3. The molecule has 4 aromatic rings. The van der Waals surface area contributed by atoms with Gasteiger partial charge in [0.1, 0.15) is 42.5 Å². The fourth-order valence-electron chi connectivity index (χ4n) is 4.66. The predicted octanol–water partition coefficient (Wildman–Crippen LogP) is 2.28. The first-order valence-corrected chi connectivity index (χ1v) is 18.5. The van der Waals surface area contributed by atoms with E-state index in [2.05, 4.69) is 25.5 Å². The molecule has 1 saturated heterocycles. The molecule has 18 nitrogen and oxygen atoms in total. The van der Waals surface area contributed by atoms with E-state index in [1.54, 1.807) is 0 Å². The summed E-state index contributed by atoms with van der Waals surface area (Å²) in [5, 5.41) is 25.2. The number of hydrazine groups is 1. The Hall–Kier alpha value is -3.69. The molecule has 1 aliphatic heterocycles. The summed E-state index contributed by atoms with van der Waals surface area (Å²) in [6, 6.07) is 9.60. The molecule has 2 aromatic heterocycles. The van der Waals surface area contributed by atoms with Crippen molar-refractivity contribution < 1.29 is 50.9 Å². The molecule has 5 rings (SSSR count). The van der Waals surface area contributed by atoms with E-state index in [4.69, 9.17) is 47.5 Å². The molecule has 0 saturated carbocycles. The number of nitrogens with zero attached hydrogens (tertiary/aromatic N) is 4. The Morgan fingerprint density at radius 3 is 2.62 bits per heavy atom. The first-order chi connectivity index (χ1) is 23.5. The van der Waals surface area contributed by atoms with Gasteiger partial charge in [0.2, 0.25) is 16.0 Å². The average Bonchev–Trinajstić information content (AvgIpc) is 3.55. The summed E-state index contributed by atoms with van der Waals surface area (Å²) in [5.74, 6) is -2.05. The van der Waals surface area contributed by atoms with Crippen LogP contribution in [0.1, 0.15) is 18.7 Å². The Morgan fingerprint density at radius 2 is 1.94 bits per heavy atom. The highest BCUT2D eigenvalue weighted by Crippen LogP contribution is 2.47. The van der Waals surface area contributed by atoms with Gasteiger partial charge in [-0.15, -0.1) is 4.83 Å². The molecule has 270 valence electrons. The van der Waals surface area contributed by atoms with E-state index in [0.717, 1.165) is 12.3 Å². The van der Waals surface area contributed by atoms with Crippen molar-refractivity contribution in [2.24, 2.45) is 0 Å². The van der Waals surface area contributed by atoms with Crippen molar-refractivity contribution in [3.63, 3.8) is 0 Å². The third kappa shape index (κ3) is 8.78. The first kappa shape index (κ1) is 37.6. The molecular weight excluding hydrogens is 749 g/mol. The minimum absolute atomic E-state index is 0.0112. The van der Waals surface area contributed by atoms with Gasteiger partial charge >= 0.3 is 13.7 Å². The highest BCUT2D eigenvalue weighted by Gasteiger charge is 2.54. The second kappa shape index (κ2) is 14.9. The Labute approximate surface area is 293 Å². The number of carbonyl (C=O) groups is 1. The van der Waals surface area contributed by atoms with E-state index in [9.17, 15) is 32.4 Å². The molecule has 0 spiro atoms. The topological polar surface area (TPSA) is 251 Å². The standard InChI is InChI=1S/C27H30Cl2FN8O10PS/c1-27(41)22(40)19(47-25(27)38-13-32-21-23(36-37-50(2,43)44)34-26(31)35-24(21)38)12-46-49(42,48-15-8-6-14(28)7-9-15)33-10-20(39)45-11-16-17(29)4-3-5-18(16)30/h3-9,13,19,22,25,37,40-41H,10-12H2,1-2H3,(H,33,42)(H3,31,34,35,36)/t19?,22-,25?,27-,49?/m1/s1. The number of carbonyl (C=O) groups excluding carboxylic acids is 1. The molecule has 0 amide bonds. The summed E-state index contributed by atoms with van der Waals surface area (Å²) >= 11 is 11.9. The lowest BCUT2D eigenvalue weighted by atomic mass is 9.96. The third-order valence-corrected chi connectivity index (χ3v) is 9.67. The number of nitrogens with one attached hydrogen (secondary N) is 3. The minimum Gasteiger partial charge on any atom is -0.460 e. The summed E-state index contributed by atoms with van der Waals surface area (Å²) < 4.78 is 74.5. The van der Waals surface area contributed by atoms with Crippen molar-refractivity contribution in [1.29, 1.82) is 0 Å². The third-order valence-electron chi connectivity index (χ3n) is 7.11. The largest absolute Gasteiger partial charge is 0.460 e. The molecule has 5 atom stereocenters. The maximum absolute atomic E-state index is 14.1. The van der Waals surface area contributed by atoms with Gasteiger partial charge in [-0.25, -0.2) is 27.4 Å². The number of aromatic nitrogens is 4. The molecule has 1 fully saturated rings. The molecule has 1 aliphatic rings. The van der Waals surface area contributed by atoms with E-state index < -0.39 is 73.4 Å². The van der Waals surface area contributed by atoms with Crippen LogP contribution in [-0.4, -0.2) is 81.3 Å². The maximum Gasteiger partial charge on any atom is 0.459 e.